The van der Waals surface area contributed by atoms with E-state index >= 15 is 0 Å². The summed E-state index contributed by atoms with van der Waals surface area (Å²) in [5, 5.41) is 2.63. The van der Waals surface area contributed by atoms with E-state index in [0.29, 0.717) is 0 Å². The lowest BCUT2D eigenvalue weighted by molar-refractivity contribution is -0.128. The van der Waals surface area contributed by atoms with Crippen LogP contribution in [0.4, 0.5) is 0 Å². The third-order valence-corrected chi connectivity index (χ3v) is 1.53. The third kappa shape index (κ3) is 0.714. The molecule has 10 heavy (non-hydrogen) atoms. The molecule has 0 aliphatic carbocycles. The van der Waals surface area contributed by atoms with Crippen LogP contribution in [0.1, 0.15) is 0 Å². The van der Waals surface area contributed by atoms with Gasteiger partial charge in [-0.2, -0.15) is 0 Å². The predicted molar refractivity (Wildman–Crippen MR) is 36.2 cm³/mol. The number of nitrogens with two attached hydrogens (primary N) is 2. The minimum absolute atomic E-state index is 0.597. The number of nitrogens with one attached hydrogen (secondary N) is 1. The Morgan fingerprint density at radius 2 is 2.40 bits per heavy atom. The highest BCUT2D eigenvalue weighted by Gasteiger charge is 2.36. The smallest absolute Gasteiger partial charge is 0.280 e. The number of rotatable bonds is 1. The van der Waals surface area contributed by atoms with Crippen LogP contribution in [0.3, 0.4) is 0 Å². The Bertz CT molecular complexity index is 190. The number of likely N-dealkylation sites (N-methyl/N-ethyl adjacent to an activating group) is 1. The van der Waals surface area contributed by atoms with Crippen LogP contribution in [-0.4, -0.2) is 23.6 Å². The molecule has 1 rings (SSSR count). The molecule has 1 aliphatic rings. The molecular weight excluding hydrogens is 132 g/mol. The summed E-state index contributed by atoms with van der Waals surface area (Å²) in [5.74, 6) is -1.83. The second kappa shape index (κ2) is 1.88. The van der Waals surface area contributed by atoms with E-state index in [4.69, 9.17) is 11.5 Å². The van der Waals surface area contributed by atoms with E-state index < -0.39 is 11.7 Å². The van der Waals surface area contributed by atoms with Gasteiger partial charge in [-0.1, -0.05) is 0 Å². The molecule has 0 bridgehead atoms. The first-order valence-electron chi connectivity index (χ1n) is 2.83. The molecule has 1 atom stereocenters. The van der Waals surface area contributed by atoms with Crippen LogP contribution in [-0.2, 0) is 4.79 Å². The number of hydrogen-bond acceptors (Lipinski definition) is 4. The summed E-state index contributed by atoms with van der Waals surface area (Å²) >= 11 is 0. The summed E-state index contributed by atoms with van der Waals surface area (Å²) < 4.78 is 0. The van der Waals surface area contributed by atoms with Crippen molar-refractivity contribution in [1.29, 1.82) is 0 Å². The molecule has 5 N–H and O–H groups in total. The van der Waals surface area contributed by atoms with Crippen LogP contribution in [0, 0.1) is 0 Å². The number of amides is 1. The van der Waals surface area contributed by atoms with Gasteiger partial charge in [-0.05, 0) is 0 Å². The summed E-state index contributed by atoms with van der Waals surface area (Å²) in [7, 11) is 1.67. The second-order valence-corrected chi connectivity index (χ2v) is 2.20. The van der Waals surface area contributed by atoms with Crippen molar-refractivity contribution in [2.75, 3.05) is 7.05 Å². The fourth-order valence-corrected chi connectivity index (χ4v) is 0.740. The molecule has 0 spiro atoms. The number of carbonyl (C=O) groups excluding carboxylic acids is 1. The van der Waals surface area contributed by atoms with E-state index in [1.165, 1.54) is 4.90 Å². The Labute approximate surface area is 58.7 Å². The number of nitrogens with zero attached hydrogens (tertiary/aromatic N) is 1. The van der Waals surface area contributed by atoms with Gasteiger partial charge in [0.05, 0.1) is 0 Å². The molecule has 0 saturated carbocycles. The minimum Gasteiger partial charge on any atom is -0.365 e. The van der Waals surface area contributed by atoms with Crippen LogP contribution < -0.4 is 16.8 Å². The van der Waals surface area contributed by atoms with Crippen molar-refractivity contribution >= 4 is 5.91 Å². The quantitative estimate of drug-likeness (QED) is 0.399. The molecule has 5 heteroatoms. The van der Waals surface area contributed by atoms with Crippen molar-refractivity contribution in [3.05, 3.63) is 12.4 Å². The lowest BCUT2D eigenvalue weighted by Crippen LogP contribution is -2.66. The minimum atomic E-state index is -1.24. The van der Waals surface area contributed by atoms with E-state index in [2.05, 4.69) is 5.32 Å². The molecule has 1 aliphatic heterocycles. The number of carbonyl (C=O) groups is 1. The Hall–Kier alpha value is -1.23. The van der Waals surface area contributed by atoms with Crippen LogP contribution >= 0.6 is 0 Å². The zero-order chi connectivity index (χ0) is 7.78. The SMILES string of the molecule is CN1C=CNC1(N)C(N)=O. The highest BCUT2D eigenvalue weighted by molar-refractivity contribution is 5.84. The number of hydrogen-bond donors (Lipinski definition) is 3. The largest absolute Gasteiger partial charge is 0.365 e. The zero-order valence-corrected chi connectivity index (χ0v) is 5.66. The summed E-state index contributed by atoms with van der Waals surface area (Å²) in [5.41, 5.74) is 10.5. The van der Waals surface area contributed by atoms with E-state index in [-0.39, 0.29) is 0 Å². The summed E-state index contributed by atoms with van der Waals surface area (Å²) in [6.45, 7) is 0. The Morgan fingerprint density at radius 1 is 1.80 bits per heavy atom. The fourth-order valence-electron chi connectivity index (χ4n) is 0.740. The van der Waals surface area contributed by atoms with Crippen molar-refractivity contribution in [3.8, 4) is 0 Å². The highest BCUT2D eigenvalue weighted by Crippen LogP contribution is 2.07. The van der Waals surface area contributed by atoms with E-state index in [1.807, 2.05) is 0 Å². The zero-order valence-electron chi connectivity index (χ0n) is 5.66. The van der Waals surface area contributed by atoms with Crippen LogP contribution in [0.5, 0.6) is 0 Å². The van der Waals surface area contributed by atoms with Crippen LogP contribution in [0.2, 0.25) is 0 Å². The van der Waals surface area contributed by atoms with Gasteiger partial charge in [0, 0.05) is 19.4 Å². The number of primary amides is 1. The molecule has 0 aromatic rings. The van der Waals surface area contributed by atoms with E-state index in [9.17, 15) is 4.79 Å². The summed E-state index contributed by atoms with van der Waals surface area (Å²) in [6.07, 6.45) is 3.22. The fraction of sp³-hybridized carbons (Fsp3) is 0.400. The lowest BCUT2D eigenvalue weighted by atomic mass is 10.3. The lowest BCUT2D eigenvalue weighted by Gasteiger charge is -2.29. The normalized spacial score (nSPS) is 30.4. The first kappa shape index (κ1) is 6.88. The van der Waals surface area contributed by atoms with Gasteiger partial charge in [0.25, 0.3) is 5.91 Å². The Kier molecular flexibility index (Phi) is 1.29. The summed E-state index contributed by atoms with van der Waals surface area (Å²) in [6, 6.07) is 0. The molecule has 56 valence electrons. The maximum absolute atomic E-state index is 10.7. The molecular formula is C5H10N4O. The topological polar surface area (TPSA) is 84.4 Å². The maximum Gasteiger partial charge on any atom is 0.280 e. The van der Waals surface area contributed by atoms with Gasteiger partial charge in [0.1, 0.15) is 0 Å². The highest BCUT2D eigenvalue weighted by atomic mass is 16.2. The predicted octanol–water partition coefficient (Wildman–Crippen LogP) is -1.91. The summed E-state index contributed by atoms with van der Waals surface area (Å²) in [4.78, 5) is 12.2. The Balaban J connectivity index is 2.80. The molecule has 1 amide bonds. The molecule has 0 radical (unpaired) electrons. The average molecular weight is 142 g/mol. The van der Waals surface area contributed by atoms with Crippen LogP contribution in [0.15, 0.2) is 12.4 Å². The van der Waals surface area contributed by atoms with Crippen molar-refractivity contribution in [2.24, 2.45) is 11.5 Å². The Morgan fingerprint density at radius 3 is 2.60 bits per heavy atom. The van der Waals surface area contributed by atoms with Crippen molar-refractivity contribution in [3.63, 3.8) is 0 Å². The van der Waals surface area contributed by atoms with Crippen LogP contribution in [0.25, 0.3) is 0 Å². The van der Waals surface area contributed by atoms with Crippen molar-refractivity contribution < 1.29 is 4.79 Å². The van der Waals surface area contributed by atoms with Gasteiger partial charge in [0.2, 0.25) is 5.79 Å². The van der Waals surface area contributed by atoms with Gasteiger partial charge in [0.15, 0.2) is 0 Å². The first-order valence-corrected chi connectivity index (χ1v) is 2.83. The third-order valence-electron chi connectivity index (χ3n) is 1.53. The average Bonchev–Trinajstić information content (AvgIpc) is 2.15. The first-order chi connectivity index (χ1) is 4.57. The standard InChI is InChI=1S/C5H10N4O/c1-9-3-2-8-5(9,7)4(6)10/h2-3,8H,7H2,1H3,(H2,6,10). The van der Waals surface area contributed by atoms with E-state index in [1.54, 1.807) is 19.4 Å². The van der Waals surface area contributed by atoms with E-state index in [0.717, 1.165) is 0 Å². The van der Waals surface area contributed by atoms with Crippen molar-refractivity contribution in [2.45, 2.75) is 5.79 Å². The molecule has 0 aromatic heterocycles. The second-order valence-electron chi connectivity index (χ2n) is 2.20. The monoisotopic (exact) mass is 142 g/mol. The molecule has 5 nitrogen and oxygen atoms in total. The molecule has 1 heterocycles. The molecule has 0 aromatic carbocycles. The van der Waals surface area contributed by atoms with Gasteiger partial charge in [-0.3, -0.25) is 10.5 Å². The molecule has 1 unspecified atom stereocenters. The van der Waals surface area contributed by atoms with Gasteiger partial charge in [-0.25, -0.2) is 0 Å². The van der Waals surface area contributed by atoms with Gasteiger partial charge in [-0.15, -0.1) is 0 Å². The molecule has 0 saturated heterocycles. The van der Waals surface area contributed by atoms with Gasteiger partial charge >= 0.3 is 0 Å². The van der Waals surface area contributed by atoms with Gasteiger partial charge < -0.3 is 16.0 Å². The van der Waals surface area contributed by atoms with Crippen molar-refractivity contribution in [1.82, 2.24) is 10.2 Å². The maximum atomic E-state index is 10.7. The molecule has 0 fully saturated rings.